The van der Waals surface area contributed by atoms with Crippen LogP contribution in [-0.4, -0.2) is 0 Å². The van der Waals surface area contributed by atoms with Crippen LogP contribution in [0.15, 0.2) is 42.5 Å². The van der Waals surface area contributed by atoms with Gasteiger partial charge in [0, 0.05) is 8.99 Å². The Morgan fingerprint density at radius 1 is 0.474 bits per heavy atom. The summed E-state index contributed by atoms with van der Waals surface area (Å²) in [5.41, 5.74) is 6.52. The second kappa shape index (κ2) is 18.5. The molecule has 38 heavy (non-hydrogen) atoms. The zero-order chi connectivity index (χ0) is 26.9. The highest BCUT2D eigenvalue weighted by Crippen LogP contribution is 2.54. The molecule has 1 aliphatic carbocycles. The Bertz CT molecular complexity index is 873. The molecule has 3 rings (SSSR count). The highest BCUT2D eigenvalue weighted by molar-refractivity contribution is 14.1. The van der Waals surface area contributed by atoms with E-state index in [1.807, 2.05) is 0 Å². The average molecular weight is 629 g/mol. The number of halogens is 1. The summed E-state index contributed by atoms with van der Waals surface area (Å²) in [6.07, 6.45) is 31.0. The van der Waals surface area contributed by atoms with Crippen LogP contribution in [0.25, 0.3) is 11.1 Å². The number of fused-ring (bicyclic) bond motifs is 3. The van der Waals surface area contributed by atoms with E-state index in [9.17, 15) is 0 Å². The third kappa shape index (κ3) is 9.67. The van der Waals surface area contributed by atoms with Crippen molar-refractivity contribution in [1.29, 1.82) is 0 Å². The zero-order valence-corrected chi connectivity index (χ0v) is 27.1. The third-order valence-corrected chi connectivity index (χ3v) is 9.82. The van der Waals surface area contributed by atoms with E-state index < -0.39 is 0 Å². The smallest absolute Gasteiger partial charge is 0.0215 e. The molecular weight excluding hydrogens is 571 g/mol. The van der Waals surface area contributed by atoms with Crippen LogP contribution < -0.4 is 0 Å². The lowest BCUT2D eigenvalue weighted by Gasteiger charge is -2.33. The van der Waals surface area contributed by atoms with Gasteiger partial charge in [-0.25, -0.2) is 0 Å². The van der Waals surface area contributed by atoms with Gasteiger partial charge in [-0.15, -0.1) is 0 Å². The van der Waals surface area contributed by atoms with Gasteiger partial charge in [-0.3, -0.25) is 0 Å². The number of benzene rings is 2. The van der Waals surface area contributed by atoms with Crippen LogP contribution >= 0.6 is 22.6 Å². The molecule has 0 fully saturated rings. The van der Waals surface area contributed by atoms with Crippen molar-refractivity contribution in [1.82, 2.24) is 0 Å². The van der Waals surface area contributed by atoms with Gasteiger partial charge < -0.3 is 0 Å². The summed E-state index contributed by atoms with van der Waals surface area (Å²) in [7, 11) is 0. The van der Waals surface area contributed by atoms with Crippen molar-refractivity contribution in [3.8, 4) is 11.1 Å². The molecule has 0 bridgehead atoms. The Labute approximate surface area is 250 Å². The molecule has 0 aliphatic heterocycles. The monoisotopic (exact) mass is 628 g/mol. The van der Waals surface area contributed by atoms with Gasteiger partial charge in [0.25, 0.3) is 0 Å². The Morgan fingerprint density at radius 3 is 1.39 bits per heavy atom. The molecule has 0 aromatic heterocycles. The lowest BCUT2D eigenvalue weighted by Crippen LogP contribution is -2.25. The molecule has 212 valence electrons. The summed E-state index contributed by atoms with van der Waals surface area (Å²) in [4.78, 5) is 0. The van der Waals surface area contributed by atoms with Crippen molar-refractivity contribution in [2.75, 3.05) is 0 Å². The lowest BCUT2D eigenvalue weighted by molar-refractivity contribution is 0.396. The van der Waals surface area contributed by atoms with Crippen molar-refractivity contribution < 1.29 is 0 Å². The van der Waals surface area contributed by atoms with Gasteiger partial charge in [0.2, 0.25) is 0 Å². The normalized spacial score (nSPS) is 13.6. The molecule has 0 atom stereocenters. The fourth-order valence-electron chi connectivity index (χ4n) is 6.92. The summed E-state index contributed by atoms with van der Waals surface area (Å²) in [6.45, 7) is 4.62. The lowest BCUT2D eigenvalue weighted by atomic mass is 9.70. The predicted octanol–water partition coefficient (Wildman–Crippen LogP) is 13.2. The van der Waals surface area contributed by atoms with E-state index >= 15 is 0 Å². The fraction of sp³-hybridized carbons (Fsp3) is 0.676. The minimum Gasteiger partial charge on any atom is -0.0654 e. The number of hydrogen-bond donors (Lipinski definition) is 0. The molecule has 0 amide bonds. The summed E-state index contributed by atoms with van der Waals surface area (Å²) in [6, 6.07) is 16.7. The van der Waals surface area contributed by atoms with Crippen LogP contribution in [0.2, 0.25) is 0 Å². The van der Waals surface area contributed by atoms with Crippen LogP contribution in [0.5, 0.6) is 0 Å². The highest BCUT2D eigenvalue weighted by atomic mass is 127. The van der Waals surface area contributed by atoms with Crippen LogP contribution in [0.3, 0.4) is 0 Å². The summed E-state index contributed by atoms with van der Waals surface area (Å²) in [5, 5.41) is 0. The molecule has 0 nitrogen and oxygen atoms in total. The molecule has 0 radical (unpaired) electrons. The zero-order valence-electron chi connectivity index (χ0n) is 25.0. The maximum absolute atomic E-state index is 2.53. The second-order valence-corrected chi connectivity index (χ2v) is 13.4. The number of hydrogen-bond acceptors (Lipinski definition) is 0. The van der Waals surface area contributed by atoms with Crippen LogP contribution in [0, 0.1) is 3.57 Å². The van der Waals surface area contributed by atoms with E-state index in [0.29, 0.717) is 0 Å². The average Bonchev–Trinajstić information content (AvgIpc) is 3.20. The molecule has 0 saturated heterocycles. The Morgan fingerprint density at radius 2 is 0.895 bits per heavy atom. The van der Waals surface area contributed by atoms with Gasteiger partial charge in [-0.2, -0.15) is 0 Å². The van der Waals surface area contributed by atoms with Crippen LogP contribution in [0.1, 0.15) is 166 Å². The quantitative estimate of drug-likeness (QED) is 0.0899. The summed E-state index contributed by atoms with van der Waals surface area (Å²) < 4.78 is 1.39. The van der Waals surface area contributed by atoms with Crippen LogP contribution in [-0.2, 0) is 5.41 Å². The molecule has 0 unspecified atom stereocenters. The standard InChI is InChI=1S/C37H57I/c1-3-5-7-9-11-13-15-17-19-23-29-37(30-24-20-18-16-14-12-10-8-6-4-2)35-26-22-21-25-33(35)34-28-27-32(38)31-36(34)37/h21-22,25-28,31H,3-20,23-24,29-30H2,1-2H3. The first kappa shape index (κ1) is 31.7. The molecule has 2 aromatic carbocycles. The van der Waals surface area contributed by atoms with Crippen molar-refractivity contribution in [2.24, 2.45) is 0 Å². The van der Waals surface area contributed by atoms with E-state index in [-0.39, 0.29) is 5.41 Å². The van der Waals surface area contributed by atoms with Crippen molar-refractivity contribution >= 4 is 22.6 Å². The highest BCUT2D eigenvalue weighted by Gasteiger charge is 2.42. The van der Waals surface area contributed by atoms with Gasteiger partial charge in [0.05, 0.1) is 0 Å². The van der Waals surface area contributed by atoms with E-state index in [1.54, 1.807) is 11.1 Å². The van der Waals surface area contributed by atoms with E-state index in [4.69, 9.17) is 0 Å². The largest absolute Gasteiger partial charge is 0.0654 e. The Balaban J connectivity index is 1.55. The molecule has 1 aliphatic rings. The number of rotatable bonds is 22. The predicted molar refractivity (Wildman–Crippen MR) is 178 cm³/mol. The molecule has 1 heteroatoms. The SMILES string of the molecule is CCCCCCCCCCCCC1(CCCCCCCCCCCC)c2ccccc2-c2ccc(I)cc21. The van der Waals surface area contributed by atoms with Gasteiger partial charge in [-0.05, 0) is 69.8 Å². The first-order chi connectivity index (χ1) is 18.7. The maximum atomic E-state index is 2.53. The fourth-order valence-corrected chi connectivity index (χ4v) is 7.41. The minimum atomic E-state index is 0.230. The van der Waals surface area contributed by atoms with Crippen LogP contribution in [0.4, 0.5) is 0 Å². The third-order valence-electron chi connectivity index (χ3n) is 9.14. The Hall–Kier alpha value is -0.830. The van der Waals surface area contributed by atoms with Gasteiger partial charge in [0.15, 0.2) is 0 Å². The van der Waals surface area contributed by atoms with Gasteiger partial charge >= 0.3 is 0 Å². The Kier molecular flexibility index (Phi) is 15.4. The number of unbranched alkanes of at least 4 members (excludes halogenated alkanes) is 18. The summed E-state index contributed by atoms with van der Waals surface area (Å²) in [5.74, 6) is 0. The minimum absolute atomic E-state index is 0.230. The maximum Gasteiger partial charge on any atom is 0.0215 e. The van der Waals surface area contributed by atoms with Crippen molar-refractivity contribution in [2.45, 2.75) is 161 Å². The van der Waals surface area contributed by atoms with E-state index in [2.05, 4.69) is 78.9 Å². The molecular formula is C37H57I. The van der Waals surface area contributed by atoms with Crippen molar-refractivity contribution in [3.05, 3.63) is 57.2 Å². The molecule has 0 spiro atoms. The van der Waals surface area contributed by atoms with Gasteiger partial charge in [-0.1, -0.05) is 173 Å². The van der Waals surface area contributed by atoms with Gasteiger partial charge in [0.1, 0.15) is 0 Å². The first-order valence-corrected chi connectivity index (χ1v) is 17.7. The molecule has 0 N–H and O–H groups in total. The van der Waals surface area contributed by atoms with E-state index in [0.717, 1.165) is 0 Å². The molecule has 0 saturated carbocycles. The van der Waals surface area contributed by atoms with Crippen molar-refractivity contribution in [3.63, 3.8) is 0 Å². The second-order valence-electron chi connectivity index (χ2n) is 12.2. The molecule has 2 aromatic rings. The summed E-state index contributed by atoms with van der Waals surface area (Å²) >= 11 is 2.53. The van der Waals surface area contributed by atoms with E-state index in [1.165, 1.54) is 156 Å². The topological polar surface area (TPSA) is 0 Å². The first-order valence-electron chi connectivity index (χ1n) is 16.6. The molecule has 0 heterocycles.